The molecule has 1 amide bonds. The first-order valence-electron chi connectivity index (χ1n) is 6.88. The molecular weight excluding hydrogens is 290 g/mol. The van der Waals surface area contributed by atoms with E-state index in [2.05, 4.69) is 0 Å². The number of benzene rings is 1. The maximum absolute atomic E-state index is 12.0. The van der Waals surface area contributed by atoms with Gasteiger partial charge in [0.1, 0.15) is 12.0 Å². The summed E-state index contributed by atoms with van der Waals surface area (Å²) >= 11 is 1.63. The molecule has 1 aliphatic rings. The molecule has 21 heavy (non-hydrogen) atoms. The van der Waals surface area contributed by atoms with Gasteiger partial charge in [-0.3, -0.25) is 9.59 Å². The number of methoxy groups -OCH3 is 1. The van der Waals surface area contributed by atoms with Gasteiger partial charge >= 0.3 is 0 Å². The molecule has 1 saturated heterocycles. The first-order chi connectivity index (χ1) is 10.2. The fourth-order valence-electron chi connectivity index (χ4n) is 2.10. The van der Waals surface area contributed by atoms with Crippen molar-refractivity contribution in [2.24, 2.45) is 0 Å². The van der Waals surface area contributed by atoms with Crippen molar-refractivity contribution in [3.8, 4) is 11.5 Å². The van der Waals surface area contributed by atoms with Crippen LogP contribution in [-0.4, -0.2) is 48.0 Å². The molecule has 0 radical (unpaired) electrons. The predicted octanol–water partition coefficient (Wildman–Crippen LogP) is 1.95. The Kier molecular flexibility index (Phi) is 5.50. The van der Waals surface area contributed by atoms with E-state index in [4.69, 9.17) is 9.47 Å². The second-order valence-corrected chi connectivity index (χ2v) is 5.85. The lowest BCUT2D eigenvalue weighted by atomic mass is 10.2. The van der Waals surface area contributed by atoms with E-state index < -0.39 is 5.91 Å². The molecule has 0 bridgehead atoms. The highest BCUT2D eigenvalue weighted by Gasteiger charge is 2.32. The molecule has 2 rings (SSSR count). The minimum atomic E-state index is -0.406. The Balaban J connectivity index is 1.99. The van der Waals surface area contributed by atoms with Gasteiger partial charge in [-0.1, -0.05) is 19.1 Å². The number of carbonyl (C=O) groups excluding carboxylic acids is 2. The van der Waals surface area contributed by atoms with E-state index in [1.807, 2.05) is 24.3 Å². The number of rotatable bonds is 6. The minimum Gasteiger partial charge on any atom is -0.493 e. The highest BCUT2D eigenvalue weighted by atomic mass is 32.2. The van der Waals surface area contributed by atoms with E-state index in [1.54, 1.807) is 30.7 Å². The molecule has 1 fully saturated rings. The molecule has 1 aliphatic heterocycles. The predicted molar refractivity (Wildman–Crippen MR) is 81.7 cm³/mol. The zero-order valence-corrected chi connectivity index (χ0v) is 13.0. The summed E-state index contributed by atoms with van der Waals surface area (Å²) in [4.78, 5) is 25.2. The molecule has 1 atom stereocenters. The lowest BCUT2D eigenvalue weighted by Crippen LogP contribution is -2.41. The topological polar surface area (TPSA) is 55.8 Å². The van der Waals surface area contributed by atoms with E-state index in [0.717, 1.165) is 5.75 Å². The van der Waals surface area contributed by atoms with Crippen LogP contribution < -0.4 is 9.47 Å². The first-order valence-corrected chi connectivity index (χ1v) is 7.93. The quantitative estimate of drug-likeness (QED) is 0.752. The molecule has 6 heteroatoms. The number of hydrogen-bond donors (Lipinski definition) is 0. The van der Waals surface area contributed by atoms with Crippen LogP contribution in [0.2, 0.25) is 0 Å². The van der Waals surface area contributed by atoms with Crippen LogP contribution in [0, 0.1) is 0 Å². The Bertz CT molecular complexity index is 520. The summed E-state index contributed by atoms with van der Waals surface area (Å²) in [5.41, 5.74) is 0. The summed E-state index contributed by atoms with van der Waals surface area (Å²) < 4.78 is 11.0. The fourth-order valence-corrected chi connectivity index (χ4v) is 3.22. The van der Waals surface area contributed by atoms with Crippen molar-refractivity contribution in [3.63, 3.8) is 0 Å². The average molecular weight is 309 g/mol. The lowest BCUT2D eigenvalue weighted by Gasteiger charge is -2.23. The molecule has 1 aromatic carbocycles. The summed E-state index contributed by atoms with van der Waals surface area (Å²) in [6, 6.07) is 7.37. The van der Waals surface area contributed by atoms with Gasteiger partial charge in [0.2, 0.25) is 5.78 Å². The van der Waals surface area contributed by atoms with Crippen LogP contribution in [-0.2, 0) is 9.59 Å². The van der Waals surface area contributed by atoms with Gasteiger partial charge in [-0.25, -0.2) is 0 Å². The fraction of sp³-hybridized carbons (Fsp3) is 0.467. The molecule has 0 spiro atoms. The van der Waals surface area contributed by atoms with Gasteiger partial charge in [0.05, 0.1) is 7.11 Å². The third-order valence-electron chi connectivity index (χ3n) is 3.26. The minimum absolute atomic E-state index is 0.127. The maximum Gasteiger partial charge on any atom is 0.290 e. The normalized spacial score (nSPS) is 17.6. The van der Waals surface area contributed by atoms with Gasteiger partial charge in [-0.2, -0.15) is 0 Å². The second kappa shape index (κ2) is 7.36. The summed E-state index contributed by atoms with van der Waals surface area (Å²) in [6.07, 6.45) is 0.236. The van der Waals surface area contributed by atoms with Crippen molar-refractivity contribution in [2.75, 3.05) is 26.0 Å². The van der Waals surface area contributed by atoms with Crippen molar-refractivity contribution in [3.05, 3.63) is 24.3 Å². The van der Waals surface area contributed by atoms with E-state index >= 15 is 0 Å². The molecule has 114 valence electrons. The number of thioether (sulfide) groups is 1. The molecule has 0 aliphatic carbocycles. The lowest BCUT2D eigenvalue weighted by molar-refractivity contribution is -0.144. The standard InChI is InChI=1S/C15H19NO4S/c1-3-11(17)15(18)16-8-9-21-14(16)10-20-13-7-5-4-6-12(13)19-2/h4-7,14H,3,8-10H2,1-2H3/t14-/m1/s1. The smallest absolute Gasteiger partial charge is 0.290 e. The van der Waals surface area contributed by atoms with Gasteiger partial charge in [-0.15, -0.1) is 11.8 Å². The summed E-state index contributed by atoms with van der Waals surface area (Å²) in [5.74, 6) is 1.36. The maximum atomic E-state index is 12.0. The van der Waals surface area contributed by atoms with Crippen molar-refractivity contribution in [1.29, 1.82) is 0 Å². The third kappa shape index (κ3) is 3.69. The molecule has 0 N–H and O–H groups in total. The summed E-state index contributed by atoms with van der Waals surface area (Å²) in [5, 5.41) is -0.127. The van der Waals surface area contributed by atoms with Crippen LogP contribution in [0.25, 0.3) is 0 Å². The van der Waals surface area contributed by atoms with Gasteiger partial charge < -0.3 is 14.4 Å². The molecular formula is C15H19NO4S. The highest BCUT2D eigenvalue weighted by Crippen LogP contribution is 2.29. The largest absolute Gasteiger partial charge is 0.493 e. The van der Waals surface area contributed by atoms with Crippen LogP contribution in [0.5, 0.6) is 11.5 Å². The Morgan fingerprint density at radius 1 is 1.33 bits per heavy atom. The van der Waals surface area contributed by atoms with Crippen molar-refractivity contribution in [1.82, 2.24) is 4.90 Å². The van der Waals surface area contributed by atoms with Crippen molar-refractivity contribution >= 4 is 23.5 Å². The van der Waals surface area contributed by atoms with Gasteiger partial charge in [0, 0.05) is 18.7 Å². The second-order valence-electron chi connectivity index (χ2n) is 4.56. The van der Waals surface area contributed by atoms with Crippen molar-refractivity contribution in [2.45, 2.75) is 18.7 Å². The number of para-hydroxylation sites is 2. The number of ether oxygens (including phenoxy) is 2. The summed E-state index contributed by atoms with van der Waals surface area (Å²) in [7, 11) is 1.59. The number of carbonyl (C=O) groups is 2. The summed E-state index contributed by atoms with van der Waals surface area (Å²) in [6.45, 7) is 2.63. The molecule has 1 heterocycles. The number of hydrogen-bond acceptors (Lipinski definition) is 5. The van der Waals surface area contributed by atoms with E-state index in [-0.39, 0.29) is 17.6 Å². The van der Waals surface area contributed by atoms with Crippen LogP contribution in [0.15, 0.2) is 24.3 Å². The van der Waals surface area contributed by atoms with Crippen molar-refractivity contribution < 1.29 is 19.1 Å². The molecule has 0 saturated carbocycles. The highest BCUT2D eigenvalue weighted by molar-refractivity contribution is 8.00. The average Bonchev–Trinajstić information content (AvgIpc) is 3.00. The molecule has 0 unspecified atom stereocenters. The first kappa shape index (κ1) is 15.7. The van der Waals surface area contributed by atoms with Crippen LogP contribution in [0.4, 0.5) is 0 Å². The SMILES string of the molecule is CCC(=O)C(=O)N1CCS[C@@H]1COc1ccccc1OC. The molecule has 5 nitrogen and oxygen atoms in total. The van der Waals surface area contributed by atoms with Crippen LogP contribution in [0.3, 0.4) is 0 Å². The van der Waals surface area contributed by atoms with Crippen LogP contribution >= 0.6 is 11.8 Å². The van der Waals surface area contributed by atoms with E-state index in [0.29, 0.717) is 24.7 Å². The van der Waals surface area contributed by atoms with E-state index in [9.17, 15) is 9.59 Å². The van der Waals surface area contributed by atoms with Gasteiger partial charge in [-0.05, 0) is 12.1 Å². The number of amides is 1. The Labute approximate surface area is 128 Å². The Hall–Kier alpha value is -1.69. The molecule has 1 aromatic rings. The van der Waals surface area contributed by atoms with Crippen LogP contribution in [0.1, 0.15) is 13.3 Å². The third-order valence-corrected chi connectivity index (χ3v) is 4.45. The Morgan fingerprint density at radius 3 is 2.71 bits per heavy atom. The monoisotopic (exact) mass is 309 g/mol. The van der Waals surface area contributed by atoms with Gasteiger partial charge in [0.25, 0.3) is 5.91 Å². The zero-order valence-electron chi connectivity index (χ0n) is 12.2. The number of ketones is 1. The number of Topliss-reactive ketones (excluding diaryl/α,β-unsaturated/α-hetero) is 1. The Morgan fingerprint density at radius 2 is 2.05 bits per heavy atom. The zero-order chi connectivity index (χ0) is 15.2. The molecule has 0 aromatic heterocycles. The van der Waals surface area contributed by atoms with Gasteiger partial charge in [0.15, 0.2) is 11.5 Å². The number of nitrogens with zero attached hydrogens (tertiary/aromatic N) is 1. The van der Waals surface area contributed by atoms with E-state index in [1.165, 1.54) is 0 Å².